The van der Waals surface area contributed by atoms with Crippen molar-refractivity contribution in [3.8, 4) is 6.07 Å². The number of carbonyl (C=O) groups excluding carboxylic acids is 1. The SMILES string of the molecule is Cc1c(C#N)nnc(N2CCCC(F)(F)CC2)c1C(=O)Nc1cccc(S(C)(=O)=NC(=O)O)c1. The van der Waals surface area contributed by atoms with Gasteiger partial charge in [0, 0.05) is 48.3 Å². The van der Waals surface area contributed by atoms with Crippen LogP contribution in [0.1, 0.15) is 40.9 Å². The molecule has 1 aromatic carbocycles. The second kappa shape index (κ2) is 9.68. The molecule has 1 saturated heterocycles. The van der Waals surface area contributed by atoms with Crippen LogP contribution in [0.25, 0.3) is 0 Å². The number of rotatable bonds is 4. The molecule has 1 aromatic heterocycles. The second-order valence-corrected chi connectivity index (χ2v) is 10.1. The van der Waals surface area contributed by atoms with Gasteiger partial charge in [-0.3, -0.25) is 4.79 Å². The number of nitrogens with zero attached hydrogens (tertiary/aromatic N) is 5. The normalized spacial score (nSPS) is 17.1. The summed E-state index contributed by atoms with van der Waals surface area (Å²) >= 11 is 0. The van der Waals surface area contributed by atoms with E-state index in [1.807, 2.05) is 6.07 Å². The quantitative estimate of drug-likeness (QED) is 0.657. The molecule has 0 radical (unpaired) electrons. The van der Waals surface area contributed by atoms with E-state index in [1.54, 1.807) is 4.90 Å². The Morgan fingerprint density at radius 3 is 2.71 bits per heavy atom. The zero-order chi connectivity index (χ0) is 25.1. The fraction of sp³-hybridized carbons (Fsp3) is 0.381. The standard InChI is InChI=1S/C21H22F2N6O4S/c1-13-16(12-24)26-27-18(29-9-4-7-21(22,23)8-10-29)17(13)19(30)25-14-5-3-6-15(11-14)34(2,33)28-20(31)32/h3,5-6,11H,4,7-10H2,1-2H3,(H,25,30)(H,31,32). The number of nitriles is 1. The van der Waals surface area contributed by atoms with Crippen molar-refractivity contribution < 1.29 is 27.7 Å². The summed E-state index contributed by atoms with van der Waals surface area (Å²) in [4.78, 5) is 25.8. The third kappa shape index (κ3) is 5.63. The number of halogens is 2. The van der Waals surface area contributed by atoms with E-state index in [0.717, 1.165) is 6.26 Å². The molecule has 180 valence electrons. The van der Waals surface area contributed by atoms with Crippen molar-refractivity contribution >= 4 is 33.2 Å². The Bertz CT molecular complexity index is 1300. The van der Waals surface area contributed by atoms with Crippen molar-refractivity contribution in [1.29, 1.82) is 5.26 Å². The molecule has 0 aliphatic carbocycles. The van der Waals surface area contributed by atoms with E-state index in [4.69, 9.17) is 5.11 Å². The lowest BCUT2D eigenvalue weighted by molar-refractivity contribution is -0.0102. The van der Waals surface area contributed by atoms with Gasteiger partial charge in [-0.15, -0.1) is 14.6 Å². The predicted molar refractivity (Wildman–Crippen MR) is 120 cm³/mol. The zero-order valence-electron chi connectivity index (χ0n) is 18.4. The van der Waals surface area contributed by atoms with Crippen LogP contribution in [-0.4, -0.2) is 56.8 Å². The summed E-state index contributed by atoms with van der Waals surface area (Å²) < 4.78 is 43.5. The summed E-state index contributed by atoms with van der Waals surface area (Å²) in [6.45, 7) is 1.70. The van der Waals surface area contributed by atoms with Crippen molar-refractivity contribution in [2.75, 3.05) is 29.6 Å². The molecule has 2 heterocycles. The van der Waals surface area contributed by atoms with E-state index in [-0.39, 0.29) is 59.2 Å². The summed E-state index contributed by atoms with van der Waals surface area (Å²) in [5, 5.41) is 28.6. The maximum absolute atomic E-state index is 13.9. The van der Waals surface area contributed by atoms with Crippen LogP contribution >= 0.6 is 0 Å². The highest BCUT2D eigenvalue weighted by atomic mass is 32.2. The first-order chi connectivity index (χ1) is 15.9. The Hall–Kier alpha value is -3.66. The van der Waals surface area contributed by atoms with Crippen molar-refractivity contribution in [1.82, 2.24) is 10.2 Å². The van der Waals surface area contributed by atoms with Gasteiger partial charge in [-0.1, -0.05) is 6.07 Å². The molecule has 34 heavy (non-hydrogen) atoms. The lowest BCUT2D eigenvalue weighted by Crippen LogP contribution is -2.30. The average molecular weight is 493 g/mol. The molecular formula is C21H22F2N6O4S. The number of aromatic nitrogens is 2. The lowest BCUT2D eigenvalue weighted by Gasteiger charge is -2.24. The van der Waals surface area contributed by atoms with Crippen LogP contribution in [0.3, 0.4) is 0 Å². The number of hydrogen-bond donors (Lipinski definition) is 2. The minimum Gasteiger partial charge on any atom is -0.463 e. The van der Waals surface area contributed by atoms with Gasteiger partial charge in [-0.25, -0.2) is 17.8 Å². The number of amides is 2. The highest BCUT2D eigenvalue weighted by Gasteiger charge is 2.34. The van der Waals surface area contributed by atoms with Gasteiger partial charge in [0.2, 0.25) is 5.92 Å². The first kappa shape index (κ1) is 25.0. The molecule has 1 atom stereocenters. The van der Waals surface area contributed by atoms with Gasteiger partial charge in [-0.2, -0.15) is 5.26 Å². The third-order valence-corrected chi connectivity index (χ3v) is 6.96. The zero-order valence-corrected chi connectivity index (χ0v) is 19.2. The summed E-state index contributed by atoms with van der Waals surface area (Å²) in [5.41, 5.74) is 0.354. The van der Waals surface area contributed by atoms with Crippen LogP contribution in [0.4, 0.5) is 25.1 Å². The molecule has 10 nitrogen and oxygen atoms in total. The van der Waals surface area contributed by atoms with Gasteiger partial charge < -0.3 is 15.3 Å². The smallest absolute Gasteiger partial charge is 0.439 e. The Morgan fingerprint density at radius 2 is 2.03 bits per heavy atom. The Labute approximate surface area is 194 Å². The van der Waals surface area contributed by atoms with Gasteiger partial charge in [0.15, 0.2) is 11.5 Å². The fourth-order valence-electron chi connectivity index (χ4n) is 3.59. The molecule has 1 fully saturated rings. The Balaban J connectivity index is 1.99. The van der Waals surface area contributed by atoms with Crippen LogP contribution in [0.5, 0.6) is 0 Å². The van der Waals surface area contributed by atoms with Crippen molar-refractivity contribution in [2.45, 2.75) is 37.0 Å². The monoisotopic (exact) mass is 492 g/mol. The summed E-state index contributed by atoms with van der Waals surface area (Å²) in [5.74, 6) is -3.41. The maximum Gasteiger partial charge on any atom is 0.439 e. The molecule has 1 unspecified atom stereocenters. The predicted octanol–water partition coefficient (Wildman–Crippen LogP) is 3.67. The summed E-state index contributed by atoms with van der Waals surface area (Å²) in [6.07, 6.45) is -0.926. The maximum atomic E-state index is 13.9. The Morgan fingerprint density at radius 1 is 1.29 bits per heavy atom. The highest BCUT2D eigenvalue weighted by Crippen LogP contribution is 2.32. The summed E-state index contributed by atoms with van der Waals surface area (Å²) in [7, 11) is -3.26. The van der Waals surface area contributed by atoms with E-state index in [9.17, 15) is 27.8 Å². The lowest BCUT2D eigenvalue weighted by atomic mass is 10.1. The first-order valence-corrected chi connectivity index (χ1v) is 12.1. The number of carboxylic acid groups (broad SMARTS) is 1. The molecule has 1 aliphatic rings. The van der Waals surface area contributed by atoms with E-state index in [0.29, 0.717) is 0 Å². The molecule has 1 aliphatic heterocycles. The molecule has 13 heteroatoms. The molecule has 0 bridgehead atoms. The number of anilines is 2. The minimum atomic E-state index is -3.26. The summed E-state index contributed by atoms with van der Waals surface area (Å²) in [6, 6.07) is 7.58. The van der Waals surface area contributed by atoms with Crippen LogP contribution in [-0.2, 0) is 9.73 Å². The van der Waals surface area contributed by atoms with Crippen molar-refractivity contribution in [2.24, 2.45) is 4.36 Å². The first-order valence-electron chi connectivity index (χ1n) is 10.2. The third-order valence-electron chi connectivity index (χ3n) is 5.33. The fourth-order valence-corrected chi connectivity index (χ4v) is 4.67. The largest absolute Gasteiger partial charge is 0.463 e. The minimum absolute atomic E-state index is 0.00891. The number of nitrogens with one attached hydrogen (secondary N) is 1. The number of alkyl halides is 2. The number of benzene rings is 1. The van der Waals surface area contributed by atoms with Gasteiger partial charge >= 0.3 is 6.09 Å². The molecule has 2 amide bonds. The van der Waals surface area contributed by atoms with E-state index in [2.05, 4.69) is 19.9 Å². The van der Waals surface area contributed by atoms with Crippen LogP contribution in [0.2, 0.25) is 0 Å². The van der Waals surface area contributed by atoms with Crippen molar-refractivity contribution in [3.63, 3.8) is 0 Å². The topological polar surface area (TPSA) is 149 Å². The van der Waals surface area contributed by atoms with Crippen LogP contribution in [0.15, 0.2) is 33.5 Å². The molecule has 2 N–H and O–H groups in total. The van der Waals surface area contributed by atoms with Gasteiger partial charge in [-0.05, 0) is 31.5 Å². The van der Waals surface area contributed by atoms with E-state index in [1.165, 1.54) is 31.2 Å². The molecular weight excluding hydrogens is 470 g/mol. The number of hydrogen-bond acceptors (Lipinski definition) is 7. The molecule has 0 saturated carbocycles. The molecule has 2 aromatic rings. The van der Waals surface area contributed by atoms with E-state index < -0.39 is 34.1 Å². The Kier molecular flexibility index (Phi) is 7.11. The van der Waals surface area contributed by atoms with Gasteiger partial charge in [0.1, 0.15) is 6.07 Å². The average Bonchev–Trinajstić information content (AvgIpc) is 2.93. The van der Waals surface area contributed by atoms with Gasteiger partial charge in [0.05, 0.1) is 15.3 Å². The van der Waals surface area contributed by atoms with E-state index >= 15 is 0 Å². The van der Waals surface area contributed by atoms with Crippen LogP contribution < -0.4 is 10.2 Å². The van der Waals surface area contributed by atoms with Gasteiger partial charge in [0.25, 0.3) is 5.91 Å². The number of carbonyl (C=O) groups is 2. The second-order valence-electron chi connectivity index (χ2n) is 7.84. The molecule has 0 spiro atoms. The molecule has 3 rings (SSSR count). The van der Waals surface area contributed by atoms with Crippen molar-refractivity contribution in [3.05, 3.63) is 41.1 Å². The van der Waals surface area contributed by atoms with Crippen LogP contribution in [0, 0.1) is 18.3 Å². The highest BCUT2D eigenvalue weighted by molar-refractivity contribution is 7.93.